The number of carbonyl (C=O) groups is 1. The molecule has 0 spiro atoms. The van der Waals surface area contributed by atoms with E-state index >= 15 is 0 Å². The summed E-state index contributed by atoms with van der Waals surface area (Å²) in [6.07, 6.45) is 1.47. The number of hydrogen-bond acceptors (Lipinski definition) is 5. The summed E-state index contributed by atoms with van der Waals surface area (Å²) in [6.45, 7) is 1.86. The number of nitro benzene ring substituents is 1. The van der Waals surface area contributed by atoms with Crippen molar-refractivity contribution in [3.8, 4) is 0 Å². The van der Waals surface area contributed by atoms with E-state index < -0.39 is 26.7 Å². The number of carbonyl (C=O) groups excluding carboxylic acids is 1. The molecule has 1 unspecified atom stereocenters. The highest BCUT2D eigenvalue weighted by Crippen LogP contribution is 2.26. The molecule has 1 atom stereocenters. The number of benzene rings is 2. The molecule has 1 heterocycles. The largest absolute Gasteiger partial charge is 0.300 e. The topological polar surface area (TPSA) is 97.6 Å². The van der Waals surface area contributed by atoms with Gasteiger partial charge in [-0.3, -0.25) is 14.9 Å². The molecule has 0 N–H and O–H groups in total. The van der Waals surface area contributed by atoms with Gasteiger partial charge in [0, 0.05) is 28.8 Å². The zero-order valence-electron chi connectivity index (χ0n) is 13.9. The molecule has 0 aromatic heterocycles. The summed E-state index contributed by atoms with van der Waals surface area (Å²) in [7, 11) is -3.38. The first kappa shape index (κ1) is 17.8. The molecule has 2 aromatic rings. The molecular formula is C18H16N2O5S. The lowest BCUT2D eigenvalue weighted by molar-refractivity contribution is -0.384. The van der Waals surface area contributed by atoms with Crippen molar-refractivity contribution in [2.75, 3.05) is 10.7 Å². The van der Waals surface area contributed by atoms with E-state index in [1.54, 1.807) is 18.2 Å². The van der Waals surface area contributed by atoms with Gasteiger partial charge in [-0.1, -0.05) is 18.2 Å². The Labute approximate surface area is 150 Å². The summed E-state index contributed by atoms with van der Waals surface area (Å²) < 4.78 is 23.7. The molecule has 0 bridgehead atoms. The van der Waals surface area contributed by atoms with Crippen LogP contribution in [0.5, 0.6) is 0 Å². The minimum atomic E-state index is -3.38. The number of non-ortho nitro benzene ring substituents is 1. The van der Waals surface area contributed by atoms with E-state index in [0.717, 1.165) is 11.0 Å². The molecule has 26 heavy (non-hydrogen) atoms. The highest BCUT2D eigenvalue weighted by molar-refractivity contribution is 7.94. The van der Waals surface area contributed by atoms with Gasteiger partial charge in [-0.2, -0.15) is 0 Å². The number of anilines is 1. The zero-order valence-corrected chi connectivity index (χ0v) is 14.7. The number of nitrogens with zero attached hydrogens (tertiary/aromatic N) is 2. The Hall–Kier alpha value is -3.00. The van der Waals surface area contributed by atoms with E-state index in [1.807, 2.05) is 13.0 Å². The molecule has 8 heteroatoms. The third-order valence-electron chi connectivity index (χ3n) is 4.05. The van der Waals surface area contributed by atoms with Gasteiger partial charge in [0.15, 0.2) is 9.84 Å². The number of amides is 1. The zero-order chi connectivity index (χ0) is 18.9. The molecule has 0 fully saturated rings. The van der Waals surface area contributed by atoms with Crippen molar-refractivity contribution in [1.29, 1.82) is 0 Å². The van der Waals surface area contributed by atoms with Crippen molar-refractivity contribution in [3.05, 3.63) is 81.3 Å². The molecular weight excluding hydrogens is 356 g/mol. The first-order chi connectivity index (χ1) is 12.3. The van der Waals surface area contributed by atoms with Crippen molar-refractivity contribution in [1.82, 2.24) is 0 Å². The van der Waals surface area contributed by atoms with Gasteiger partial charge in [0.2, 0.25) is 0 Å². The van der Waals surface area contributed by atoms with Crippen LogP contribution in [0.2, 0.25) is 0 Å². The van der Waals surface area contributed by atoms with Crippen molar-refractivity contribution in [3.63, 3.8) is 0 Å². The maximum atomic E-state index is 13.1. The molecule has 0 saturated carbocycles. The Balaban J connectivity index is 2.06. The number of aryl methyl sites for hydroxylation is 1. The summed E-state index contributed by atoms with van der Waals surface area (Å²) in [5.74, 6) is -0.715. The van der Waals surface area contributed by atoms with Crippen LogP contribution in [0.25, 0.3) is 0 Å². The predicted octanol–water partition coefficient (Wildman–Crippen LogP) is 2.86. The van der Waals surface area contributed by atoms with E-state index in [2.05, 4.69) is 0 Å². The summed E-state index contributed by atoms with van der Waals surface area (Å²) in [6, 6.07) is 11.8. The predicted molar refractivity (Wildman–Crippen MR) is 97.8 cm³/mol. The lowest BCUT2D eigenvalue weighted by Gasteiger charge is -2.28. The fraction of sp³-hybridized carbons (Fsp3) is 0.167. The third kappa shape index (κ3) is 3.65. The summed E-state index contributed by atoms with van der Waals surface area (Å²) in [4.78, 5) is 24.9. The lowest BCUT2D eigenvalue weighted by atomic mass is 10.1. The van der Waals surface area contributed by atoms with Crippen LogP contribution in [0.15, 0.2) is 60.0 Å². The van der Waals surface area contributed by atoms with Crippen LogP contribution in [0.4, 0.5) is 11.4 Å². The van der Waals surface area contributed by atoms with Crippen molar-refractivity contribution < 1.29 is 18.1 Å². The Morgan fingerprint density at radius 1 is 1.19 bits per heavy atom. The van der Waals surface area contributed by atoms with Crippen LogP contribution in [0.3, 0.4) is 0 Å². The fourth-order valence-electron chi connectivity index (χ4n) is 2.85. The van der Waals surface area contributed by atoms with Crippen LogP contribution >= 0.6 is 0 Å². The molecule has 134 valence electrons. The molecule has 0 saturated heterocycles. The Morgan fingerprint density at radius 2 is 1.92 bits per heavy atom. The van der Waals surface area contributed by atoms with Crippen LogP contribution in [-0.2, 0) is 9.84 Å². The molecule has 2 aromatic carbocycles. The summed E-state index contributed by atoms with van der Waals surface area (Å²) in [5, 5.41) is 12.1. The molecule has 3 rings (SSSR count). The SMILES string of the molecule is Cc1cccc(N(C(=O)c2cccc([N+](=O)[O-])c2)C2C=CS(=O)(=O)C2)c1. The van der Waals surface area contributed by atoms with Crippen molar-refractivity contribution in [2.45, 2.75) is 13.0 Å². The average Bonchev–Trinajstić information content (AvgIpc) is 2.94. The molecule has 0 aliphatic carbocycles. The number of rotatable bonds is 4. The standard InChI is InChI=1S/C18H16N2O5S/c1-13-4-2-6-15(10-13)19(17-8-9-26(24,25)12-17)18(21)14-5-3-7-16(11-14)20(22)23/h2-11,17H,12H2,1H3. The first-order valence-electron chi connectivity index (χ1n) is 7.82. The van der Waals surface area contributed by atoms with Gasteiger partial charge in [0.05, 0.1) is 16.7 Å². The van der Waals surface area contributed by atoms with E-state index in [1.165, 1.54) is 35.2 Å². The summed E-state index contributed by atoms with van der Waals surface area (Å²) >= 11 is 0. The highest BCUT2D eigenvalue weighted by Gasteiger charge is 2.32. The Bertz CT molecular complexity index is 1010. The Kier molecular flexibility index (Phi) is 4.60. The number of hydrogen-bond donors (Lipinski definition) is 0. The van der Waals surface area contributed by atoms with Gasteiger partial charge in [-0.25, -0.2) is 8.42 Å². The lowest BCUT2D eigenvalue weighted by Crippen LogP contribution is -2.41. The second-order valence-electron chi connectivity index (χ2n) is 6.05. The Morgan fingerprint density at radius 3 is 2.54 bits per heavy atom. The van der Waals surface area contributed by atoms with Gasteiger partial charge in [0.25, 0.3) is 11.6 Å². The molecule has 1 amide bonds. The van der Waals surface area contributed by atoms with Gasteiger partial charge in [0.1, 0.15) is 0 Å². The monoisotopic (exact) mass is 372 g/mol. The van der Waals surface area contributed by atoms with E-state index in [0.29, 0.717) is 5.69 Å². The van der Waals surface area contributed by atoms with Crippen LogP contribution < -0.4 is 4.90 Å². The maximum Gasteiger partial charge on any atom is 0.270 e. The molecule has 0 radical (unpaired) electrons. The van der Waals surface area contributed by atoms with Gasteiger partial charge >= 0.3 is 0 Å². The van der Waals surface area contributed by atoms with Gasteiger partial charge in [-0.05, 0) is 36.8 Å². The number of sulfone groups is 1. The minimum Gasteiger partial charge on any atom is -0.300 e. The van der Waals surface area contributed by atoms with E-state index in [4.69, 9.17) is 0 Å². The van der Waals surface area contributed by atoms with Crippen LogP contribution in [-0.4, -0.2) is 31.0 Å². The van der Waals surface area contributed by atoms with Gasteiger partial charge in [-0.15, -0.1) is 0 Å². The van der Waals surface area contributed by atoms with Crippen LogP contribution in [0, 0.1) is 17.0 Å². The third-order valence-corrected chi connectivity index (χ3v) is 5.42. The van der Waals surface area contributed by atoms with Crippen molar-refractivity contribution >= 4 is 27.1 Å². The highest BCUT2D eigenvalue weighted by atomic mass is 32.2. The second-order valence-corrected chi connectivity index (χ2v) is 7.98. The minimum absolute atomic E-state index is 0.124. The van der Waals surface area contributed by atoms with Crippen LogP contribution in [0.1, 0.15) is 15.9 Å². The second kappa shape index (κ2) is 6.72. The molecule has 1 aliphatic heterocycles. The van der Waals surface area contributed by atoms with Gasteiger partial charge < -0.3 is 4.90 Å². The normalized spacial score (nSPS) is 17.8. The molecule has 1 aliphatic rings. The first-order valence-corrected chi connectivity index (χ1v) is 9.54. The van der Waals surface area contributed by atoms with E-state index in [9.17, 15) is 23.3 Å². The maximum absolute atomic E-state index is 13.1. The quantitative estimate of drug-likeness (QED) is 0.607. The van der Waals surface area contributed by atoms with E-state index in [-0.39, 0.29) is 17.0 Å². The molecule has 7 nitrogen and oxygen atoms in total. The average molecular weight is 372 g/mol. The number of nitro groups is 1. The fourth-order valence-corrected chi connectivity index (χ4v) is 4.12. The smallest absolute Gasteiger partial charge is 0.270 e. The van der Waals surface area contributed by atoms with Crippen molar-refractivity contribution in [2.24, 2.45) is 0 Å². The summed E-state index contributed by atoms with van der Waals surface area (Å²) in [5.41, 5.74) is 1.37.